The van der Waals surface area contributed by atoms with Crippen LogP contribution in [0.1, 0.15) is 12.7 Å². The Kier molecular flexibility index (Phi) is 3.23. The number of hydrogen-bond acceptors (Lipinski definition) is 3. The van der Waals surface area contributed by atoms with E-state index in [1.54, 1.807) is 7.11 Å². The molecule has 1 N–H and O–H groups in total. The summed E-state index contributed by atoms with van der Waals surface area (Å²) >= 11 is 0. The first-order valence-corrected chi connectivity index (χ1v) is 5.47. The van der Waals surface area contributed by atoms with E-state index in [9.17, 15) is 4.79 Å². The van der Waals surface area contributed by atoms with E-state index < -0.39 is 0 Å². The number of nitrogens with one attached hydrogen (secondary N) is 1. The van der Waals surface area contributed by atoms with Crippen LogP contribution in [0.3, 0.4) is 0 Å². The molecule has 0 aliphatic carbocycles. The van der Waals surface area contributed by atoms with E-state index in [-0.39, 0.29) is 5.56 Å². The summed E-state index contributed by atoms with van der Waals surface area (Å²) in [5, 5.41) is 0. The molecular weight excluding hydrogens is 216 g/mol. The second-order valence-electron chi connectivity index (χ2n) is 3.66. The zero-order valence-electron chi connectivity index (χ0n) is 9.86. The lowest BCUT2D eigenvalue weighted by Gasteiger charge is -2.05. The maximum absolute atomic E-state index is 11.5. The third kappa shape index (κ3) is 2.53. The van der Waals surface area contributed by atoms with Crippen LogP contribution in [0.2, 0.25) is 0 Å². The number of H-pyrrole nitrogens is 1. The molecule has 88 valence electrons. The number of ether oxygens (including phenoxy) is 1. The van der Waals surface area contributed by atoms with Gasteiger partial charge in [0.2, 0.25) is 0 Å². The summed E-state index contributed by atoms with van der Waals surface area (Å²) in [5.74, 6) is 1.44. The molecule has 0 radical (unpaired) electrons. The maximum atomic E-state index is 11.5. The van der Waals surface area contributed by atoms with Crippen LogP contribution < -0.4 is 10.3 Å². The van der Waals surface area contributed by atoms with Gasteiger partial charge in [-0.1, -0.05) is 19.1 Å². The average Bonchev–Trinajstić information content (AvgIpc) is 2.38. The van der Waals surface area contributed by atoms with E-state index in [1.165, 1.54) is 6.07 Å². The second kappa shape index (κ2) is 4.82. The molecule has 0 aliphatic rings. The van der Waals surface area contributed by atoms with Crippen molar-refractivity contribution in [2.75, 3.05) is 7.11 Å². The lowest BCUT2D eigenvalue weighted by molar-refractivity contribution is 0.415. The molecule has 17 heavy (non-hydrogen) atoms. The fourth-order valence-corrected chi connectivity index (χ4v) is 1.61. The van der Waals surface area contributed by atoms with Gasteiger partial charge in [-0.15, -0.1) is 0 Å². The van der Waals surface area contributed by atoms with Crippen LogP contribution in [-0.4, -0.2) is 17.1 Å². The molecule has 0 atom stereocenters. The Bertz CT molecular complexity index is 576. The van der Waals surface area contributed by atoms with Gasteiger partial charge in [0.25, 0.3) is 5.56 Å². The van der Waals surface area contributed by atoms with Crippen LogP contribution in [0, 0.1) is 0 Å². The van der Waals surface area contributed by atoms with E-state index in [0.717, 1.165) is 11.3 Å². The molecule has 1 aromatic heterocycles. The summed E-state index contributed by atoms with van der Waals surface area (Å²) in [6, 6.07) is 9.00. The van der Waals surface area contributed by atoms with Crippen molar-refractivity contribution in [3.05, 3.63) is 46.5 Å². The lowest BCUT2D eigenvalue weighted by Crippen LogP contribution is -2.10. The van der Waals surface area contributed by atoms with Crippen LogP contribution in [0.25, 0.3) is 11.3 Å². The third-order valence-electron chi connectivity index (χ3n) is 2.49. The number of hydrogen-bond donors (Lipinski definition) is 1. The van der Waals surface area contributed by atoms with Gasteiger partial charge in [-0.25, -0.2) is 4.98 Å². The van der Waals surface area contributed by atoms with E-state index in [2.05, 4.69) is 9.97 Å². The van der Waals surface area contributed by atoms with Crippen molar-refractivity contribution >= 4 is 0 Å². The molecular formula is C13H14N2O2. The normalized spacial score (nSPS) is 10.2. The topological polar surface area (TPSA) is 55.0 Å². The summed E-state index contributed by atoms with van der Waals surface area (Å²) in [7, 11) is 1.61. The van der Waals surface area contributed by atoms with Gasteiger partial charge in [-0.3, -0.25) is 4.79 Å². The largest absolute Gasteiger partial charge is 0.497 e. The van der Waals surface area contributed by atoms with Crippen molar-refractivity contribution in [1.29, 1.82) is 0 Å². The number of methoxy groups -OCH3 is 1. The predicted octanol–water partition coefficient (Wildman–Crippen LogP) is 2.01. The van der Waals surface area contributed by atoms with Crippen molar-refractivity contribution in [2.45, 2.75) is 13.3 Å². The van der Waals surface area contributed by atoms with Crippen LogP contribution >= 0.6 is 0 Å². The molecule has 0 amide bonds. The number of aromatic nitrogens is 2. The first-order valence-electron chi connectivity index (χ1n) is 5.47. The molecule has 2 rings (SSSR count). The van der Waals surface area contributed by atoms with Gasteiger partial charge in [0, 0.05) is 18.1 Å². The highest BCUT2D eigenvalue weighted by Gasteiger charge is 2.04. The lowest BCUT2D eigenvalue weighted by atomic mass is 10.1. The van der Waals surface area contributed by atoms with Crippen LogP contribution in [0.5, 0.6) is 5.75 Å². The van der Waals surface area contributed by atoms with Gasteiger partial charge in [0.05, 0.1) is 12.8 Å². The highest BCUT2D eigenvalue weighted by Crippen LogP contribution is 2.20. The van der Waals surface area contributed by atoms with Gasteiger partial charge < -0.3 is 9.72 Å². The number of nitrogens with zero attached hydrogens (tertiary/aromatic N) is 1. The Morgan fingerprint density at radius 1 is 1.35 bits per heavy atom. The summed E-state index contributed by atoms with van der Waals surface area (Å²) in [6.45, 7) is 1.95. The fourth-order valence-electron chi connectivity index (χ4n) is 1.61. The maximum Gasteiger partial charge on any atom is 0.251 e. The van der Waals surface area contributed by atoms with Crippen molar-refractivity contribution in [2.24, 2.45) is 0 Å². The highest BCUT2D eigenvalue weighted by atomic mass is 16.5. The summed E-state index contributed by atoms with van der Waals surface area (Å²) in [4.78, 5) is 18.6. The molecule has 0 fully saturated rings. The zero-order chi connectivity index (χ0) is 12.3. The minimum Gasteiger partial charge on any atom is -0.497 e. The first-order chi connectivity index (χ1) is 8.22. The van der Waals surface area contributed by atoms with Crippen molar-refractivity contribution in [3.63, 3.8) is 0 Å². The van der Waals surface area contributed by atoms with E-state index >= 15 is 0 Å². The Morgan fingerprint density at radius 3 is 2.88 bits per heavy atom. The van der Waals surface area contributed by atoms with Crippen LogP contribution in [0.4, 0.5) is 0 Å². The number of benzene rings is 1. The summed E-state index contributed by atoms with van der Waals surface area (Å²) < 4.78 is 5.15. The molecule has 0 unspecified atom stereocenters. The van der Waals surface area contributed by atoms with Crippen LogP contribution in [-0.2, 0) is 6.42 Å². The molecule has 1 heterocycles. The van der Waals surface area contributed by atoms with Crippen molar-refractivity contribution < 1.29 is 4.74 Å². The summed E-state index contributed by atoms with van der Waals surface area (Å²) in [6.07, 6.45) is 0.701. The first kappa shape index (κ1) is 11.4. The number of aromatic amines is 1. The molecule has 0 aliphatic heterocycles. The third-order valence-corrected chi connectivity index (χ3v) is 2.49. The number of aryl methyl sites for hydroxylation is 1. The van der Waals surface area contributed by atoms with Crippen LogP contribution in [0.15, 0.2) is 35.1 Å². The van der Waals surface area contributed by atoms with Crippen molar-refractivity contribution in [3.8, 4) is 17.0 Å². The summed E-state index contributed by atoms with van der Waals surface area (Å²) in [5.41, 5.74) is 1.42. The fraction of sp³-hybridized carbons (Fsp3) is 0.231. The molecule has 0 saturated heterocycles. The predicted molar refractivity (Wildman–Crippen MR) is 66.2 cm³/mol. The van der Waals surface area contributed by atoms with Gasteiger partial charge in [0.15, 0.2) is 0 Å². The van der Waals surface area contributed by atoms with Gasteiger partial charge in [0.1, 0.15) is 11.6 Å². The second-order valence-corrected chi connectivity index (χ2v) is 3.66. The Hall–Kier alpha value is -2.10. The number of rotatable bonds is 3. The zero-order valence-corrected chi connectivity index (χ0v) is 9.86. The Morgan fingerprint density at radius 2 is 2.18 bits per heavy atom. The van der Waals surface area contributed by atoms with Gasteiger partial charge in [-0.2, -0.15) is 0 Å². The molecule has 4 nitrogen and oxygen atoms in total. The van der Waals surface area contributed by atoms with Crippen molar-refractivity contribution in [1.82, 2.24) is 9.97 Å². The monoisotopic (exact) mass is 230 g/mol. The molecule has 0 spiro atoms. The smallest absolute Gasteiger partial charge is 0.251 e. The highest BCUT2D eigenvalue weighted by molar-refractivity contribution is 5.60. The Labute approximate surface area is 99.3 Å². The molecule has 0 saturated carbocycles. The van der Waals surface area contributed by atoms with E-state index in [1.807, 2.05) is 31.2 Å². The minimum absolute atomic E-state index is 0.130. The Balaban J connectivity index is 2.51. The molecule has 2 aromatic rings. The molecule has 1 aromatic carbocycles. The van der Waals surface area contributed by atoms with E-state index in [4.69, 9.17) is 4.74 Å². The average molecular weight is 230 g/mol. The van der Waals surface area contributed by atoms with E-state index in [0.29, 0.717) is 17.9 Å². The standard InChI is InChI=1S/C13H14N2O2/c1-3-12-14-11(8-13(16)15-12)9-5-4-6-10(7-9)17-2/h4-8H,3H2,1-2H3,(H,14,15,16). The molecule has 0 bridgehead atoms. The van der Waals surface area contributed by atoms with Gasteiger partial charge in [-0.05, 0) is 12.1 Å². The molecule has 4 heteroatoms. The SMILES string of the molecule is CCc1nc(-c2cccc(OC)c2)cc(=O)[nH]1. The minimum atomic E-state index is -0.130. The quantitative estimate of drug-likeness (QED) is 0.877. The van der Waals surface area contributed by atoms with Gasteiger partial charge >= 0.3 is 0 Å².